The fourth-order valence-electron chi connectivity index (χ4n) is 2.57. The van der Waals surface area contributed by atoms with E-state index in [1.54, 1.807) is 29.6 Å². The van der Waals surface area contributed by atoms with Gasteiger partial charge >= 0.3 is 5.97 Å². The molecule has 160 valence electrons. The summed E-state index contributed by atoms with van der Waals surface area (Å²) in [6, 6.07) is 9.52. The van der Waals surface area contributed by atoms with Crippen LogP contribution in [0, 0.1) is 0 Å². The van der Waals surface area contributed by atoms with E-state index >= 15 is 0 Å². The number of hydrogen-bond acceptors (Lipinski definition) is 6. The van der Waals surface area contributed by atoms with Crippen molar-refractivity contribution in [3.05, 3.63) is 52.2 Å². The van der Waals surface area contributed by atoms with Gasteiger partial charge in [-0.05, 0) is 56.5 Å². The summed E-state index contributed by atoms with van der Waals surface area (Å²) in [5.41, 5.74) is 0.273. The van der Waals surface area contributed by atoms with E-state index in [1.165, 1.54) is 35.5 Å². The van der Waals surface area contributed by atoms with E-state index in [0.29, 0.717) is 16.1 Å². The molecule has 0 saturated heterocycles. The van der Waals surface area contributed by atoms with Gasteiger partial charge in [-0.15, -0.1) is 11.3 Å². The zero-order valence-electron chi connectivity index (χ0n) is 17.4. The number of carbonyl (C=O) groups is 4. The first kappa shape index (κ1) is 23.1. The summed E-state index contributed by atoms with van der Waals surface area (Å²) in [7, 11) is 1.28. The number of amides is 3. The van der Waals surface area contributed by atoms with Gasteiger partial charge in [-0.3, -0.25) is 14.4 Å². The van der Waals surface area contributed by atoms with Gasteiger partial charge in [0.05, 0.1) is 24.1 Å². The maximum absolute atomic E-state index is 12.8. The van der Waals surface area contributed by atoms with Crippen molar-refractivity contribution in [2.75, 3.05) is 25.1 Å². The lowest BCUT2D eigenvalue weighted by Crippen LogP contribution is -2.49. The van der Waals surface area contributed by atoms with Crippen LogP contribution >= 0.6 is 11.3 Å². The highest BCUT2D eigenvalue weighted by atomic mass is 32.1. The SMILES string of the molecule is COC(=O)c1ccc(N(CC(=O)NC(C)(C)C)C(=O)CNC(=O)c2cccs2)cc1. The van der Waals surface area contributed by atoms with Gasteiger partial charge in [-0.1, -0.05) is 6.07 Å². The molecule has 0 aliphatic heterocycles. The molecule has 2 aromatic rings. The van der Waals surface area contributed by atoms with Crippen molar-refractivity contribution >= 4 is 40.7 Å². The molecule has 1 heterocycles. The molecule has 2 rings (SSSR count). The molecule has 3 amide bonds. The average molecular weight is 432 g/mol. The van der Waals surface area contributed by atoms with E-state index in [9.17, 15) is 19.2 Å². The molecule has 0 bridgehead atoms. The largest absolute Gasteiger partial charge is 0.465 e. The monoisotopic (exact) mass is 431 g/mol. The molecular weight excluding hydrogens is 406 g/mol. The smallest absolute Gasteiger partial charge is 0.337 e. The average Bonchev–Trinajstić information content (AvgIpc) is 3.23. The molecule has 0 fully saturated rings. The van der Waals surface area contributed by atoms with Crippen LogP contribution in [0.4, 0.5) is 5.69 Å². The highest BCUT2D eigenvalue weighted by molar-refractivity contribution is 7.12. The van der Waals surface area contributed by atoms with Crippen LogP contribution in [0.25, 0.3) is 0 Å². The predicted octanol–water partition coefficient (Wildman–Crippen LogP) is 2.21. The quantitative estimate of drug-likeness (QED) is 0.654. The van der Waals surface area contributed by atoms with Gasteiger partial charge in [0.25, 0.3) is 5.91 Å². The lowest BCUT2D eigenvalue weighted by atomic mass is 10.1. The second-order valence-corrected chi connectivity index (χ2v) is 8.42. The fraction of sp³-hybridized carbons (Fsp3) is 0.333. The van der Waals surface area contributed by atoms with Crippen LogP contribution in [0.1, 0.15) is 40.8 Å². The Morgan fingerprint density at radius 3 is 2.27 bits per heavy atom. The Balaban J connectivity index is 2.17. The van der Waals surface area contributed by atoms with Crippen molar-refractivity contribution < 1.29 is 23.9 Å². The minimum Gasteiger partial charge on any atom is -0.465 e. The lowest BCUT2D eigenvalue weighted by molar-refractivity contribution is -0.124. The van der Waals surface area contributed by atoms with E-state index in [4.69, 9.17) is 0 Å². The third-order valence-corrected chi connectivity index (χ3v) is 4.73. The maximum Gasteiger partial charge on any atom is 0.337 e. The van der Waals surface area contributed by atoms with Crippen LogP contribution in [0.5, 0.6) is 0 Å². The normalized spacial score (nSPS) is 10.8. The Morgan fingerprint density at radius 1 is 1.07 bits per heavy atom. The highest BCUT2D eigenvalue weighted by Gasteiger charge is 2.23. The summed E-state index contributed by atoms with van der Waals surface area (Å²) in [5, 5.41) is 7.14. The molecule has 1 aromatic carbocycles. The number of ether oxygens (including phenoxy) is 1. The molecule has 0 aliphatic rings. The summed E-state index contributed by atoms with van der Waals surface area (Å²) >= 11 is 1.27. The van der Waals surface area contributed by atoms with Crippen LogP contribution in [-0.4, -0.2) is 49.4 Å². The Labute approximate surface area is 179 Å². The summed E-state index contributed by atoms with van der Waals surface area (Å²) < 4.78 is 4.67. The zero-order valence-corrected chi connectivity index (χ0v) is 18.2. The van der Waals surface area contributed by atoms with Crippen molar-refractivity contribution in [2.45, 2.75) is 26.3 Å². The van der Waals surface area contributed by atoms with Crippen molar-refractivity contribution in [2.24, 2.45) is 0 Å². The summed E-state index contributed by atoms with van der Waals surface area (Å²) in [4.78, 5) is 50.8. The molecule has 0 spiro atoms. The van der Waals surface area contributed by atoms with Crippen molar-refractivity contribution in [3.8, 4) is 0 Å². The minimum absolute atomic E-state index is 0.234. The third kappa shape index (κ3) is 6.70. The van der Waals surface area contributed by atoms with Crippen LogP contribution in [0.15, 0.2) is 41.8 Å². The van der Waals surface area contributed by atoms with Gasteiger partial charge in [0, 0.05) is 11.2 Å². The molecule has 9 heteroatoms. The molecule has 2 N–H and O–H groups in total. The number of anilines is 1. The number of methoxy groups -OCH3 is 1. The molecule has 0 atom stereocenters. The van der Waals surface area contributed by atoms with Gasteiger partial charge in [-0.2, -0.15) is 0 Å². The fourth-order valence-corrected chi connectivity index (χ4v) is 3.21. The predicted molar refractivity (Wildman–Crippen MR) is 115 cm³/mol. The van der Waals surface area contributed by atoms with Crippen molar-refractivity contribution in [3.63, 3.8) is 0 Å². The van der Waals surface area contributed by atoms with Gasteiger partial charge in [0.1, 0.15) is 6.54 Å². The first-order chi connectivity index (χ1) is 14.1. The third-order valence-electron chi connectivity index (χ3n) is 3.86. The van der Waals surface area contributed by atoms with Crippen LogP contribution in [0.3, 0.4) is 0 Å². The van der Waals surface area contributed by atoms with Gasteiger partial charge < -0.3 is 20.3 Å². The second kappa shape index (κ2) is 10.0. The summed E-state index contributed by atoms with van der Waals surface area (Å²) in [6.45, 7) is 5.00. The van der Waals surface area contributed by atoms with Crippen LogP contribution in [0.2, 0.25) is 0 Å². The Hall–Kier alpha value is -3.20. The van der Waals surface area contributed by atoms with E-state index in [2.05, 4.69) is 15.4 Å². The minimum atomic E-state index is -0.506. The second-order valence-electron chi connectivity index (χ2n) is 7.48. The number of rotatable bonds is 7. The van der Waals surface area contributed by atoms with Gasteiger partial charge in [0.15, 0.2) is 0 Å². The van der Waals surface area contributed by atoms with Gasteiger partial charge in [-0.25, -0.2) is 4.79 Å². The molecule has 0 unspecified atom stereocenters. The van der Waals surface area contributed by atoms with Crippen LogP contribution in [-0.2, 0) is 14.3 Å². The Morgan fingerprint density at radius 2 is 1.73 bits per heavy atom. The molecule has 1 aromatic heterocycles. The summed E-state index contributed by atoms with van der Waals surface area (Å²) in [5.74, 6) is -1.68. The maximum atomic E-state index is 12.8. The zero-order chi connectivity index (χ0) is 22.3. The van der Waals surface area contributed by atoms with E-state index < -0.39 is 17.4 Å². The van der Waals surface area contributed by atoms with Crippen LogP contribution < -0.4 is 15.5 Å². The van der Waals surface area contributed by atoms with Crippen molar-refractivity contribution in [1.29, 1.82) is 0 Å². The molecule has 0 radical (unpaired) electrons. The standard InChI is InChI=1S/C21H25N3O5S/c1-21(2,3)23-17(25)13-24(15-9-7-14(8-10-15)20(28)29-4)18(26)12-22-19(27)16-6-5-11-30-16/h5-11H,12-13H2,1-4H3,(H,22,27)(H,23,25). The van der Waals surface area contributed by atoms with E-state index in [-0.39, 0.29) is 24.9 Å². The number of nitrogens with one attached hydrogen (secondary N) is 2. The number of benzene rings is 1. The number of esters is 1. The lowest BCUT2D eigenvalue weighted by Gasteiger charge is -2.26. The van der Waals surface area contributed by atoms with E-state index in [1.807, 2.05) is 20.8 Å². The highest BCUT2D eigenvalue weighted by Crippen LogP contribution is 2.17. The molecule has 0 saturated carbocycles. The molecule has 0 aliphatic carbocycles. The number of hydrogen-bond donors (Lipinski definition) is 2. The first-order valence-corrected chi connectivity index (χ1v) is 10.1. The van der Waals surface area contributed by atoms with Gasteiger partial charge in [0.2, 0.25) is 11.8 Å². The Bertz CT molecular complexity index is 902. The summed E-state index contributed by atoms with van der Waals surface area (Å²) in [6.07, 6.45) is 0. The number of thiophene rings is 1. The number of carbonyl (C=O) groups excluding carboxylic acids is 4. The number of nitrogens with zero attached hydrogens (tertiary/aromatic N) is 1. The molecular formula is C21H25N3O5S. The molecule has 8 nitrogen and oxygen atoms in total. The molecule has 30 heavy (non-hydrogen) atoms. The van der Waals surface area contributed by atoms with Crippen molar-refractivity contribution in [1.82, 2.24) is 10.6 Å². The van der Waals surface area contributed by atoms with E-state index in [0.717, 1.165) is 0 Å². The first-order valence-electron chi connectivity index (χ1n) is 9.22. The Kier molecular flexibility index (Phi) is 7.71. The topological polar surface area (TPSA) is 105 Å².